The second kappa shape index (κ2) is 5.04. The maximum absolute atomic E-state index is 12.1. The van der Waals surface area contributed by atoms with E-state index in [-0.39, 0.29) is 17.2 Å². The number of ether oxygens (including phenoxy) is 1. The van der Waals surface area contributed by atoms with Crippen molar-refractivity contribution in [2.75, 3.05) is 20.3 Å². The summed E-state index contributed by atoms with van der Waals surface area (Å²) in [4.78, 5) is 25.7. The molecule has 17 heavy (non-hydrogen) atoms. The van der Waals surface area contributed by atoms with Crippen LogP contribution in [-0.4, -0.2) is 49.1 Å². The molecular formula is C12H22N2O3. The van der Waals surface area contributed by atoms with Crippen molar-refractivity contribution in [2.45, 2.75) is 39.8 Å². The van der Waals surface area contributed by atoms with Crippen molar-refractivity contribution in [3.05, 3.63) is 0 Å². The minimum Gasteiger partial charge on any atom is -0.383 e. The molecule has 0 bridgehead atoms. The van der Waals surface area contributed by atoms with Gasteiger partial charge in [0.05, 0.1) is 6.61 Å². The lowest BCUT2D eigenvalue weighted by Gasteiger charge is -2.44. The largest absolute Gasteiger partial charge is 0.383 e. The van der Waals surface area contributed by atoms with E-state index in [9.17, 15) is 9.59 Å². The van der Waals surface area contributed by atoms with E-state index < -0.39 is 12.1 Å². The van der Waals surface area contributed by atoms with Crippen LogP contribution >= 0.6 is 0 Å². The van der Waals surface area contributed by atoms with E-state index in [1.54, 1.807) is 18.9 Å². The third-order valence-electron chi connectivity index (χ3n) is 2.93. The number of carbonyl (C=O) groups is 2. The molecule has 2 amide bonds. The van der Waals surface area contributed by atoms with Gasteiger partial charge in [-0.25, -0.2) is 0 Å². The molecule has 1 saturated heterocycles. The van der Waals surface area contributed by atoms with E-state index in [1.807, 2.05) is 20.8 Å². The average Bonchev–Trinajstić information content (AvgIpc) is 2.19. The molecule has 1 N–H and O–H groups in total. The molecule has 1 heterocycles. The van der Waals surface area contributed by atoms with Crippen molar-refractivity contribution in [1.29, 1.82) is 0 Å². The first-order valence-corrected chi connectivity index (χ1v) is 5.89. The highest BCUT2D eigenvalue weighted by molar-refractivity contribution is 5.97. The molecule has 0 saturated carbocycles. The molecule has 1 aliphatic heterocycles. The van der Waals surface area contributed by atoms with Crippen LogP contribution < -0.4 is 5.32 Å². The van der Waals surface area contributed by atoms with Gasteiger partial charge >= 0.3 is 0 Å². The lowest BCUT2D eigenvalue weighted by atomic mass is 9.83. The SMILES string of the molecule is COCCN1C(=O)C(C)NC(=O)C1C(C)(C)C. The lowest BCUT2D eigenvalue weighted by molar-refractivity contribution is -0.154. The highest BCUT2D eigenvalue weighted by Gasteiger charge is 2.44. The quantitative estimate of drug-likeness (QED) is 0.779. The minimum atomic E-state index is -0.446. The Kier molecular flexibility index (Phi) is 4.14. The topological polar surface area (TPSA) is 58.6 Å². The van der Waals surface area contributed by atoms with E-state index in [2.05, 4.69) is 5.32 Å². The summed E-state index contributed by atoms with van der Waals surface area (Å²) in [6.45, 7) is 8.48. The number of hydrogen-bond acceptors (Lipinski definition) is 3. The number of carbonyl (C=O) groups excluding carboxylic acids is 2. The molecule has 1 aliphatic rings. The summed E-state index contributed by atoms with van der Waals surface area (Å²) in [7, 11) is 1.59. The number of rotatable bonds is 3. The van der Waals surface area contributed by atoms with Gasteiger partial charge < -0.3 is 15.0 Å². The second-order valence-corrected chi connectivity index (χ2v) is 5.52. The predicted octanol–water partition coefficient (Wildman–Crippen LogP) is 0.394. The fourth-order valence-electron chi connectivity index (χ4n) is 2.16. The fraction of sp³-hybridized carbons (Fsp3) is 0.833. The Balaban J connectivity index is 2.95. The molecule has 0 spiro atoms. The standard InChI is InChI=1S/C12H22N2O3/c1-8-11(16)14(6-7-17-5)9(10(15)13-8)12(2,3)4/h8-9H,6-7H2,1-5H3,(H,13,15). The van der Waals surface area contributed by atoms with Crippen molar-refractivity contribution < 1.29 is 14.3 Å². The number of hydrogen-bond donors (Lipinski definition) is 1. The maximum Gasteiger partial charge on any atom is 0.245 e. The number of methoxy groups -OCH3 is 1. The van der Waals surface area contributed by atoms with E-state index in [1.165, 1.54) is 0 Å². The Morgan fingerprint density at radius 2 is 1.94 bits per heavy atom. The second-order valence-electron chi connectivity index (χ2n) is 5.52. The smallest absolute Gasteiger partial charge is 0.245 e. The minimum absolute atomic E-state index is 0.0402. The first kappa shape index (κ1) is 14.0. The summed E-state index contributed by atoms with van der Waals surface area (Å²) in [5.74, 6) is -0.123. The van der Waals surface area contributed by atoms with Gasteiger partial charge in [-0.05, 0) is 12.3 Å². The summed E-state index contributed by atoms with van der Waals surface area (Å²) in [5, 5.41) is 2.72. The molecule has 2 atom stereocenters. The van der Waals surface area contributed by atoms with Crippen LogP contribution in [0.2, 0.25) is 0 Å². The van der Waals surface area contributed by atoms with Crippen molar-refractivity contribution in [2.24, 2.45) is 5.41 Å². The van der Waals surface area contributed by atoms with Crippen molar-refractivity contribution in [3.63, 3.8) is 0 Å². The number of nitrogens with zero attached hydrogens (tertiary/aromatic N) is 1. The average molecular weight is 242 g/mol. The van der Waals surface area contributed by atoms with E-state index >= 15 is 0 Å². The normalized spacial score (nSPS) is 26.1. The zero-order valence-corrected chi connectivity index (χ0v) is 11.2. The number of nitrogens with one attached hydrogen (secondary N) is 1. The van der Waals surface area contributed by atoms with Gasteiger partial charge in [0.1, 0.15) is 12.1 Å². The van der Waals surface area contributed by atoms with E-state index in [0.29, 0.717) is 13.2 Å². The van der Waals surface area contributed by atoms with Crippen LogP contribution in [0, 0.1) is 5.41 Å². The highest BCUT2D eigenvalue weighted by atomic mass is 16.5. The Morgan fingerprint density at radius 3 is 2.41 bits per heavy atom. The molecule has 1 fully saturated rings. The zero-order valence-electron chi connectivity index (χ0n) is 11.2. The summed E-state index contributed by atoms with van der Waals surface area (Å²) in [5.41, 5.74) is -0.284. The first-order valence-electron chi connectivity index (χ1n) is 5.89. The van der Waals surface area contributed by atoms with Crippen LogP contribution in [0.25, 0.3) is 0 Å². The van der Waals surface area contributed by atoms with Crippen LogP contribution in [0.1, 0.15) is 27.7 Å². The molecule has 2 unspecified atom stereocenters. The maximum atomic E-state index is 12.1. The highest BCUT2D eigenvalue weighted by Crippen LogP contribution is 2.27. The molecule has 0 radical (unpaired) electrons. The van der Waals surface area contributed by atoms with Crippen LogP contribution in [-0.2, 0) is 14.3 Å². The Bertz CT molecular complexity index is 309. The van der Waals surface area contributed by atoms with Crippen molar-refractivity contribution >= 4 is 11.8 Å². The summed E-state index contributed by atoms with van der Waals surface area (Å²) in [6.07, 6.45) is 0. The van der Waals surface area contributed by atoms with Gasteiger partial charge in [0.2, 0.25) is 11.8 Å². The van der Waals surface area contributed by atoms with Crippen LogP contribution in [0.5, 0.6) is 0 Å². The predicted molar refractivity (Wildman–Crippen MR) is 64.4 cm³/mol. The van der Waals surface area contributed by atoms with Crippen LogP contribution in [0.4, 0.5) is 0 Å². The van der Waals surface area contributed by atoms with Gasteiger partial charge in [-0.1, -0.05) is 20.8 Å². The molecule has 5 heteroatoms. The molecule has 0 aliphatic carbocycles. The molecule has 0 aromatic carbocycles. The Morgan fingerprint density at radius 1 is 1.35 bits per heavy atom. The van der Waals surface area contributed by atoms with Crippen molar-refractivity contribution in [1.82, 2.24) is 10.2 Å². The fourth-order valence-corrected chi connectivity index (χ4v) is 2.16. The Labute approximate surface area is 102 Å². The van der Waals surface area contributed by atoms with E-state index in [0.717, 1.165) is 0 Å². The summed E-state index contributed by atoms with van der Waals surface area (Å²) in [6, 6.07) is -0.876. The Hall–Kier alpha value is -1.10. The van der Waals surface area contributed by atoms with Gasteiger partial charge in [0.15, 0.2) is 0 Å². The molecular weight excluding hydrogens is 220 g/mol. The molecule has 5 nitrogen and oxygen atoms in total. The van der Waals surface area contributed by atoms with Gasteiger partial charge in [-0.3, -0.25) is 9.59 Å². The summed E-state index contributed by atoms with van der Waals surface area (Å²) >= 11 is 0. The van der Waals surface area contributed by atoms with Gasteiger partial charge in [0, 0.05) is 13.7 Å². The van der Waals surface area contributed by atoms with Gasteiger partial charge in [-0.2, -0.15) is 0 Å². The lowest BCUT2D eigenvalue weighted by Crippen LogP contribution is -2.66. The molecule has 98 valence electrons. The molecule has 1 rings (SSSR count). The summed E-state index contributed by atoms with van der Waals surface area (Å²) < 4.78 is 5.00. The van der Waals surface area contributed by atoms with E-state index in [4.69, 9.17) is 4.74 Å². The first-order chi connectivity index (χ1) is 7.79. The van der Waals surface area contributed by atoms with Crippen LogP contribution in [0.15, 0.2) is 0 Å². The van der Waals surface area contributed by atoms with Gasteiger partial charge in [-0.15, -0.1) is 0 Å². The third-order valence-corrected chi connectivity index (χ3v) is 2.93. The number of amides is 2. The molecule has 0 aromatic rings. The number of piperazine rings is 1. The van der Waals surface area contributed by atoms with Gasteiger partial charge in [0.25, 0.3) is 0 Å². The van der Waals surface area contributed by atoms with Crippen molar-refractivity contribution in [3.8, 4) is 0 Å². The zero-order chi connectivity index (χ0) is 13.2. The molecule has 0 aromatic heterocycles. The third kappa shape index (κ3) is 2.97. The van der Waals surface area contributed by atoms with Crippen LogP contribution in [0.3, 0.4) is 0 Å². The monoisotopic (exact) mass is 242 g/mol.